The number of nitrogens with one attached hydrogen (secondary N) is 9. The van der Waals surface area contributed by atoms with Gasteiger partial charge in [0, 0.05) is 142 Å². The Balaban J connectivity index is 1.01. The Morgan fingerprint density at radius 2 is 1.02 bits per heavy atom. The summed E-state index contributed by atoms with van der Waals surface area (Å²) in [6.07, 6.45) is 2.47. The number of aromatic amines is 1. The Bertz CT molecular complexity index is 3370. The summed E-state index contributed by atoms with van der Waals surface area (Å²) in [7, 11) is 1.38. The summed E-state index contributed by atoms with van der Waals surface area (Å²) in [6, 6.07) is 13.6. The number of carboxylic acids is 3. The van der Waals surface area contributed by atoms with Crippen LogP contribution in [0, 0.1) is 0 Å². The van der Waals surface area contributed by atoms with Gasteiger partial charge in [-0.2, -0.15) is 11.8 Å². The summed E-state index contributed by atoms with van der Waals surface area (Å²) in [4.78, 5) is 164. The number of phenolic OH excluding ortho intramolecular Hbond substituents is 1. The number of phenols is 1. The third kappa shape index (κ3) is 27.3. The molecule has 0 bridgehead atoms. The number of unbranched alkanes of at least 4 members (excludes halogenated alkanes) is 3. The van der Waals surface area contributed by atoms with Crippen molar-refractivity contribution in [1.82, 2.24) is 76.9 Å². The molecule has 7 atom stereocenters. The van der Waals surface area contributed by atoms with Crippen molar-refractivity contribution >= 4 is 87.8 Å². The van der Waals surface area contributed by atoms with Gasteiger partial charge in [-0.05, 0) is 66.8 Å². The molecule has 3 saturated heterocycles. The van der Waals surface area contributed by atoms with Gasteiger partial charge in [0.1, 0.15) is 42.0 Å². The molecule has 4 heterocycles. The number of carbonyl (C=O) groups excluding carboxylic acids is 8. The fraction of sp³-hybridized carbons (Fsp3) is 0.551. The number of H-pyrrole nitrogens is 1. The zero-order valence-electron chi connectivity index (χ0n) is 57.4. The first kappa shape index (κ1) is 79.6. The molecule has 0 saturated carbocycles. The van der Waals surface area contributed by atoms with E-state index in [0.29, 0.717) is 81.9 Å². The highest BCUT2D eigenvalue weighted by Crippen LogP contribution is 2.21. The Morgan fingerprint density at radius 3 is 1.59 bits per heavy atom. The van der Waals surface area contributed by atoms with E-state index >= 15 is 14.4 Å². The first-order valence-electron chi connectivity index (χ1n) is 34.4. The van der Waals surface area contributed by atoms with Gasteiger partial charge in [-0.15, -0.1) is 0 Å². The largest absolute Gasteiger partial charge is 0.508 e. The molecule has 3 aromatic carbocycles. The fourth-order valence-corrected chi connectivity index (χ4v) is 13.2. The number of aromatic hydroxyl groups is 1. The van der Waals surface area contributed by atoms with E-state index < -0.39 is 95.7 Å². The van der Waals surface area contributed by atoms with Crippen LogP contribution in [0.3, 0.4) is 0 Å². The molecule has 3 aliphatic heterocycles. The van der Waals surface area contributed by atoms with Gasteiger partial charge in [0.2, 0.25) is 47.3 Å². The molecule has 1 aromatic heterocycles. The maximum atomic E-state index is 15.2. The molecule has 0 spiro atoms. The minimum atomic E-state index is -1.65. The second kappa shape index (κ2) is 41.2. The van der Waals surface area contributed by atoms with E-state index in [1.165, 1.54) is 42.8 Å². The molecule has 0 radical (unpaired) electrons. The average Bonchev–Trinajstić information content (AvgIpc) is 1.81. The van der Waals surface area contributed by atoms with Gasteiger partial charge in [0.05, 0.1) is 38.0 Å². The molecule has 101 heavy (non-hydrogen) atoms. The van der Waals surface area contributed by atoms with Crippen LogP contribution in [0.15, 0.2) is 85.1 Å². The minimum Gasteiger partial charge on any atom is -0.508 e. The lowest BCUT2D eigenvalue weighted by Crippen LogP contribution is -2.64. The molecule has 0 aliphatic carbocycles. The van der Waals surface area contributed by atoms with E-state index in [0.717, 1.165) is 23.7 Å². The lowest BCUT2D eigenvalue weighted by Gasteiger charge is -2.34. The number of aliphatic carboxylic acids is 3. The molecular weight excluding hydrogens is 1330 g/mol. The molecule has 4 aromatic rings. The van der Waals surface area contributed by atoms with Crippen LogP contribution in [0.25, 0.3) is 10.9 Å². The summed E-state index contributed by atoms with van der Waals surface area (Å²) in [6.45, 7) is 5.50. The monoisotopic (exact) mass is 1430 g/mol. The number of likely N-dealkylation sites (N-methyl/N-ethyl adjacent to an activating group) is 1. The predicted octanol–water partition coefficient (Wildman–Crippen LogP) is -2.16. The van der Waals surface area contributed by atoms with E-state index in [9.17, 15) is 63.9 Å². The first-order valence-corrected chi connectivity index (χ1v) is 35.6. The molecule has 3 fully saturated rings. The third-order valence-corrected chi connectivity index (χ3v) is 19.0. The number of piperazine rings is 1. The number of rotatable bonds is 29. The van der Waals surface area contributed by atoms with Crippen LogP contribution in [0.2, 0.25) is 0 Å². The number of hydrogen-bond donors (Lipinski definition) is 14. The van der Waals surface area contributed by atoms with E-state index in [-0.39, 0.29) is 127 Å². The number of carboxylic acid groups (broad SMARTS) is 3. The Labute approximate surface area is 591 Å². The average molecular weight is 1430 g/mol. The normalized spacial score (nSPS) is 21.8. The molecule has 32 heteroatoms. The fourth-order valence-electron chi connectivity index (χ4n) is 12.3. The lowest BCUT2D eigenvalue weighted by atomic mass is 10.00. The zero-order valence-corrected chi connectivity index (χ0v) is 58.3. The number of carbonyl (C=O) groups is 11. The van der Waals surface area contributed by atoms with Crippen molar-refractivity contribution in [2.75, 3.05) is 143 Å². The molecule has 8 amide bonds. The van der Waals surface area contributed by atoms with Gasteiger partial charge in [-0.3, -0.25) is 77.2 Å². The topological polar surface area (TPSA) is 420 Å². The van der Waals surface area contributed by atoms with Crippen molar-refractivity contribution in [2.45, 2.75) is 101 Å². The number of aromatic nitrogens is 1. The van der Waals surface area contributed by atoms with E-state index in [2.05, 4.69) is 47.5 Å². The van der Waals surface area contributed by atoms with Crippen LogP contribution in [-0.4, -0.2) is 310 Å². The predicted molar refractivity (Wildman–Crippen MR) is 376 cm³/mol. The SMILES string of the molecule is C[C@@H](O)[C@@H]1NC(=O)[C@H](CN2CCNCC2)NC(=O)[C@H](Cc2c[nH]c3ccccc23)NC(=O)[C@H](Cc2ccc(O)cc2)NC(=O)[C@H](CCSCC(=O)NCCCCCCNC(=O)CN2CCN(CC(=O)O)CCN(CC(=O)O)CCN(CC(=O)O)CC2)N(C)C(=O)[C@H](Cc2ccccc2)NC1=O. The van der Waals surface area contributed by atoms with Crippen LogP contribution >= 0.6 is 11.8 Å². The van der Waals surface area contributed by atoms with E-state index in [1.807, 2.05) is 34.1 Å². The number of amides is 8. The maximum Gasteiger partial charge on any atom is 0.317 e. The van der Waals surface area contributed by atoms with Crippen LogP contribution in [0.4, 0.5) is 0 Å². The number of hydrogen-bond acceptors (Lipinski definition) is 20. The van der Waals surface area contributed by atoms with E-state index in [1.54, 1.807) is 63.4 Å². The van der Waals surface area contributed by atoms with E-state index in [4.69, 9.17) is 0 Å². The second-order valence-electron chi connectivity index (χ2n) is 25.9. The second-order valence-corrected chi connectivity index (χ2v) is 27.0. The Morgan fingerprint density at radius 1 is 0.535 bits per heavy atom. The van der Waals surface area contributed by atoms with Crippen LogP contribution in [0.5, 0.6) is 5.75 Å². The number of para-hydroxylation sites is 1. The lowest BCUT2D eigenvalue weighted by molar-refractivity contribution is -0.143. The highest BCUT2D eigenvalue weighted by molar-refractivity contribution is 7.99. The summed E-state index contributed by atoms with van der Waals surface area (Å²) in [5, 5.41) is 74.0. The summed E-state index contributed by atoms with van der Waals surface area (Å²) < 4.78 is 0. The smallest absolute Gasteiger partial charge is 0.317 e. The first-order chi connectivity index (χ1) is 48.5. The Kier molecular flexibility index (Phi) is 32.5. The summed E-state index contributed by atoms with van der Waals surface area (Å²) in [5.41, 5.74) is 2.53. The van der Waals surface area contributed by atoms with Gasteiger partial charge >= 0.3 is 17.9 Å². The van der Waals surface area contributed by atoms with Crippen molar-refractivity contribution in [1.29, 1.82) is 0 Å². The highest BCUT2D eigenvalue weighted by Gasteiger charge is 2.39. The van der Waals surface area contributed by atoms with Gasteiger partial charge in [-0.25, -0.2) is 0 Å². The quantitative estimate of drug-likeness (QED) is 0.0258. The summed E-state index contributed by atoms with van der Waals surface area (Å²) in [5.74, 6) is -8.49. The number of benzene rings is 3. The molecule has 552 valence electrons. The van der Waals surface area contributed by atoms with Crippen molar-refractivity contribution in [2.24, 2.45) is 0 Å². The molecule has 0 unspecified atom stereocenters. The summed E-state index contributed by atoms with van der Waals surface area (Å²) >= 11 is 1.19. The number of aliphatic hydroxyl groups excluding tert-OH is 1. The minimum absolute atomic E-state index is 0.0140. The zero-order chi connectivity index (χ0) is 72.8. The van der Waals surface area contributed by atoms with Crippen molar-refractivity contribution in [3.63, 3.8) is 0 Å². The number of nitrogens with zero attached hydrogens (tertiary/aromatic N) is 6. The standard InChI is InChI=1S/C69H99N15O16S/c1-46(85)63-68(99)76-55(37-47-12-6-5-7-13-47)69(100)79(2)57(20-35-101-45-59(88)72-22-11-4-3-10-21-71-58(87)41-81-27-29-82(42-60(89)90)31-33-84(44-62(93)94)34-32-83(30-28-81)43-61(91)92)67(98)75-53(36-48-16-18-50(86)19-17-48)64(95)74-54(38-49-39-73-52-15-9-8-14-51(49)52)65(96)77-56(66(97)78-63)40-80-25-23-70-24-26-80/h5-9,12-19,39,46,53-57,63,70,73,85-86H,3-4,10-11,20-38,40-45H2,1-2H3,(H,71,87)(H,72,88)(H,74,95)(H,75,98)(H,76,99)(H,77,96)(H,78,97)(H,89,90)(H,91,92)(H,93,94)/t46-,53+,54+,55+,56+,57+,63+/m1/s1. The van der Waals surface area contributed by atoms with Crippen molar-refractivity contribution in [3.05, 3.63) is 102 Å². The van der Waals surface area contributed by atoms with Crippen molar-refractivity contribution < 1.29 is 78.3 Å². The molecule has 14 N–H and O–H groups in total. The van der Waals surface area contributed by atoms with Gasteiger partial charge in [0.25, 0.3) is 0 Å². The van der Waals surface area contributed by atoms with Gasteiger partial charge in [0.15, 0.2) is 0 Å². The van der Waals surface area contributed by atoms with Crippen LogP contribution in [0.1, 0.15) is 55.7 Å². The van der Waals surface area contributed by atoms with Gasteiger partial charge in [-0.1, -0.05) is 73.5 Å². The molecule has 31 nitrogen and oxygen atoms in total. The number of fused-ring (bicyclic) bond motifs is 1. The molecular formula is C69H99N15O16S. The molecule has 7 rings (SSSR count). The van der Waals surface area contributed by atoms with Crippen LogP contribution < -0.4 is 42.5 Å². The maximum absolute atomic E-state index is 15.2. The van der Waals surface area contributed by atoms with Gasteiger partial charge < -0.3 is 78.0 Å². The van der Waals surface area contributed by atoms with Crippen molar-refractivity contribution in [3.8, 4) is 5.75 Å². The van der Waals surface area contributed by atoms with Crippen LogP contribution in [-0.2, 0) is 72.0 Å². The number of aliphatic hydroxyl groups is 1. The Hall–Kier alpha value is -8.76. The molecule has 3 aliphatic rings. The highest BCUT2D eigenvalue weighted by atomic mass is 32.2. The number of thioether (sulfide) groups is 1. The third-order valence-electron chi connectivity index (χ3n) is 18.0.